The lowest BCUT2D eigenvalue weighted by Gasteiger charge is -2.35. The van der Waals surface area contributed by atoms with E-state index in [1.54, 1.807) is 0 Å². The molecule has 0 saturated carbocycles. The molecule has 2 saturated heterocycles. The molecule has 31 heavy (non-hydrogen) atoms. The molecule has 162 valence electrons. The second kappa shape index (κ2) is 7.97. The number of aryl methyl sites for hydroxylation is 1. The molecule has 4 amide bonds. The number of urea groups is 1. The number of imide groups is 1. The molecule has 1 aromatic heterocycles. The van der Waals surface area contributed by atoms with Gasteiger partial charge in [0.1, 0.15) is 0 Å². The van der Waals surface area contributed by atoms with E-state index in [9.17, 15) is 14.4 Å². The van der Waals surface area contributed by atoms with Gasteiger partial charge in [0.2, 0.25) is 5.91 Å². The summed E-state index contributed by atoms with van der Waals surface area (Å²) in [6, 6.07) is 9.80. The maximum absolute atomic E-state index is 12.8. The van der Waals surface area contributed by atoms with Gasteiger partial charge in [0.15, 0.2) is 0 Å². The second-order valence-corrected chi connectivity index (χ2v) is 9.49. The van der Waals surface area contributed by atoms with Crippen molar-refractivity contribution in [1.82, 2.24) is 20.2 Å². The maximum Gasteiger partial charge on any atom is 0.342 e. The zero-order chi connectivity index (χ0) is 21.5. The van der Waals surface area contributed by atoms with Crippen molar-refractivity contribution in [3.63, 3.8) is 0 Å². The minimum absolute atomic E-state index is 0.189. The summed E-state index contributed by atoms with van der Waals surface area (Å²) in [7, 11) is 0. The van der Waals surface area contributed by atoms with E-state index >= 15 is 0 Å². The van der Waals surface area contributed by atoms with Crippen molar-refractivity contribution in [2.45, 2.75) is 26.4 Å². The minimum atomic E-state index is -0.531. The van der Waals surface area contributed by atoms with Crippen LogP contribution >= 0.6 is 11.3 Å². The number of fused-ring (bicyclic) bond motifs is 1. The van der Waals surface area contributed by atoms with Gasteiger partial charge >= 0.3 is 6.03 Å². The molecular weight excluding hydrogens is 414 g/mol. The van der Waals surface area contributed by atoms with Gasteiger partial charge in [-0.1, -0.05) is 12.1 Å². The van der Waals surface area contributed by atoms with Crippen LogP contribution in [-0.4, -0.2) is 65.5 Å². The first-order valence-electron chi connectivity index (χ1n) is 10.6. The predicted octanol–water partition coefficient (Wildman–Crippen LogP) is 2.19. The number of hydrogen-bond donors (Lipinski definition) is 1. The zero-order valence-corrected chi connectivity index (χ0v) is 18.3. The van der Waals surface area contributed by atoms with Gasteiger partial charge in [-0.2, -0.15) is 0 Å². The van der Waals surface area contributed by atoms with Crippen LogP contribution < -0.4 is 10.2 Å². The number of hydrazine groups is 1. The third-order valence-electron chi connectivity index (χ3n) is 6.09. The summed E-state index contributed by atoms with van der Waals surface area (Å²) in [5.74, 6) is -0.493. The fourth-order valence-corrected chi connectivity index (χ4v) is 5.33. The molecule has 3 aliphatic rings. The number of piperazine rings is 1. The molecule has 0 atom stereocenters. The van der Waals surface area contributed by atoms with Crippen LogP contribution in [0.3, 0.4) is 0 Å². The molecule has 1 aromatic carbocycles. The summed E-state index contributed by atoms with van der Waals surface area (Å²) >= 11 is 1.85. The third kappa shape index (κ3) is 3.90. The van der Waals surface area contributed by atoms with Crippen LogP contribution in [0.25, 0.3) is 0 Å². The molecule has 2 fully saturated rings. The summed E-state index contributed by atoms with van der Waals surface area (Å²) in [5.41, 5.74) is 2.73. The van der Waals surface area contributed by atoms with Gasteiger partial charge < -0.3 is 4.90 Å². The molecule has 9 heteroatoms. The normalized spacial score (nSPS) is 19.8. The SMILES string of the molecule is Cc1ccc(N2CCN(Cc3ccc4c(c3)CN(N3CCC(=O)NC3=O)C4=O)CC2)s1. The maximum atomic E-state index is 12.8. The second-order valence-electron chi connectivity index (χ2n) is 8.23. The van der Waals surface area contributed by atoms with Crippen LogP contribution in [0.2, 0.25) is 0 Å². The number of hydrogen-bond acceptors (Lipinski definition) is 6. The highest BCUT2D eigenvalue weighted by Gasteiger charge is 2.36. The molecule has 3 aliphatic heterocycles. The fourth-order valence-electron chi connectivity index (χ4n) is 4.41. The van der Waals surface area contributed by atoms with Crippen LogP contribution in [0.4, 0.5) is 9.80 Å². The molecule has 0 radical (unpaired) electrons. The molecule has 0 bridgehead atoms. The summed E-state index contributed by atoms with van der Waals surface area (Å²) in [4.78, 5) is 42.6. The lowest BCUT2D eigenvalue weighted by atomic mass is 10.1. The van der Waals surface area contributed by atoms with Crippen LogP contribution in [-0.2, 0) is 17.9 Å². The first-order chi connectivity index (χ1) is 15.0. The molecule has 0 spiro atoms. The Bertz CT molecular complexity index is 1040. The van der Waals surface area contributed by atoms with Crippen molar-refractivity contribution >= 4 is 34.2 Å². The Morgan fingerprint density at radius 2 is 1.77 bits per heavy atom. The van der Waals surface area contributed by atoms with Crippen LogP contribution in [0.5, 0.6) is 0 Å². The smallest absolute Gasteiger partial charge is 0.342 e. The van der Waals surface area contributed by atoms with Crippen molar-refractivity contribution in [3.8, 4) is 0 Å². The molecule has 4 heterocycles. The Hall–Kier alpha value is -2.91. The van der Waals surface area contributed by atoms with E-state index in [1.807, 2.05) is 23.5 Å². The number of nitrogens with one attached hydrogen (secondary N) is 1. The average molecular weight is 440 g/mol. The number of thiophene rings is 1. The summed E-state index contributed by atoms with van der Waals surface area (Å²) in [6.07, 6.45) is 0.203. The number of amides is 4. The monoisotopic (exact) mass is 439 g/mol. The standard InChI is InChI=1S/C22H25N5O3S/c1-15-2-5-20(31-15)25-10-8-24(9-11-25)13-16-3-4-18-17(12-16)14-27(21(18)29)26-7-6-19(28)23-22(26)30/h2-5,12H,6-11,13-14H2,1H3,(H,23,28,30). The number of anilines is 1. The van der Waals surface area contributed by atoms with E-state index in [-0.39, 0.29) is 24.8 Å². The highest BCUT2D eigenvalue weighted by atomic mass is 32.1. The molecule has 0 aliphatic carbocycles. The molecule has 1 N–H and O–H groups in total. The van der Waals surface area contributed by atoms with E-state index in [1.165, 1.54) is 25.5 Å². The van der Waals surface area contributed by atoms with E-state index in [0.29, 0.717) is 12.1 Å². The molecule has 8 nitrogen and oxygen atoms in total. The first kappa shape index (κ1) is 20.0. The fraction of sp³-hybridized carbons (Fsp3) is 0.409. The first-order valence-corrected chi connectivity index (χ1v) is 11.4. The third-order valence-corrected chi connectivity index (χ3v) is 7.16. The van der Waals surface area contributed by atoms with Crippen molar-refractivity contribution < 1.29 is 14.4 Å². The quantitative estimate of drug-likeness (QED) is 0.791. The largest absolute Gasteiger partial charge is 0.361 e. The van der Waals surface area contributed by atoms with Gasteiger partial charge in [-0.05, 0) is 36.2 Å². The van der Waals surface area contributed by atoms with Crippen LogP contribution in [0.1, 0.15) is 32.8 Å². The van der Waals surface area contributed by atoms with Gasteiger partial charge in [0, 0.05) is 49.6 Å². The Labute approximate surface area is 185 Å². The van der Waals surface area contributed by atoms with Crippen molar-refractivity contribution in [3.05, 3.63) is 51.9 Å². The van der Waals surface area contributed by atoms with E-state index < -0.39 is 6.03 Å². The molecule has 0 unspecified atom stereocenters. The van der Waals surface area contributed by atoms with Crippen molar-refractivity contribution in [2.75, 3.05) is 37.6 Å². The number of carbonyl (C=O) groups is 3. The number of carbonyl (C=O) groups excluding carboxylic acids is 3. The van der Waals surface area contributed by atoms with Crippen LogP contribution in [0, 0.1) is 6.92 Å². The minimum Gasteiger partial charge on any atom is -0.361 e. The Morgan fingerprint density at radius 1 is 0.968 bits per heavy atom. The van der Waals surface area contributed by atoms with E-state index in [0.717, 1.165) is 38.3 Å². The molecule has 5 rings (SSSR count). The average Bonchev–Trinajstić information content (AvgIpc) is 3.32. The van der Waals surface area contributed by atoms with Gasteiger partial charge in [0.05, 0.1) is 18.1 Å². The molecule has 2 aromatic rings. The number of nitrogens with zero attached hydrogens (tertiary/aromatic N) is 4. The van der Waals surface area contributed by atoms with Gasteiger partial charge in [-0.3, -0.25) is 19.8 Å². The van der Waals surface area contributed by atoms with Crippen molar-refractivity contribution in [1.29, 1.82) is 0 Å². The van der Waals surface area contributed by atoms with E-state index in [4.69, 9.17) is 0 Å². The van der Waals surface area contributed by atoms with Crippen molar-refractivity contribution in [2.24, 2.45) is 0 Å². The topological polar surface area (TPSA) is 76.2 Å². The lowest BCUT2D eigenvalue weighted by Crippen LogP contribution is -2.56. The zero-order valence-electron chi connectivity index (χ0n) is 17.5. The summed E-state index contributed by atoms with van der Waals surface area (Å²) in [5, 5.41) is 6.41. The van der Waals surface area contributed by atoms with Gasteiger partial charge in [0.25, 0.3) is 5.91 Å². The predicted molar refractivity (Wildman–Crippen MR) is 118 cm³/mol. The highest BCUT2D eigenvalue weighted by molar-refractivity contribution is 7.16. The lowest BCUT2D eigenvalue weighted by molar-refractivity contribution is -0.123. The van der Waals surface area contributed by atoms with Crippen LogP contribution in [0.15, 0.2) is 30.3 Å². The Balaban J connectivity index is 1.22. The highest BCUT2D eigenvalue weighted by Crippen LogP contribution is 2.28. The number of rotatable bonds is 4. The van der Waals surface area contributed by atoms with E-state index in [2.05, 4.69) is 40.2 Å². The Morgan fingerprint density at radius 3 is 2.48 bits per heavy atom. The number of benzene rings is 1. The summed E-state index contributed by atoms with van der Waals surface area (Å²) in [6.45, 7) is 7.60. The summed E-state index contributed by atoms with van der Waals surface area (Å²) < 4.78 is 0. The molecular formula is C22H25N5O3S. The van der Waals surface area contributed by atoms with Gasteiger partial charge in [-0.25, -0.2) is 14.8 Å². The van der Waals surface area contributed by atoms with Gasteiger partial charge in [-0.15, -0.1) is 11.3 Å². The Kier molecular flexibility index (Phi) is 5.15.